The topological polar surface area (TPSA) is 38.7 Å². The van der Waals surface area contributed by atoms with Gasteiger partial charge in [-0.1, -0.05) is 22.6 Å². The molecule has 0 amide bonds. The van der Waals surface area contributed by atoms with Gasteiger partial charge in [0.2, 0.25) is 0 Å². The Labute approximate surface area is 80.0 Å². The summed E-state index contributed by atoms with van der Waals surface area (Å²) in [6, 6.07) is -0.450. The van der Waals surface area contributed by atoms with Crippen LogP contribution in [0.3, 0.4) is 0 Å². The van der Waals surface area contributed by atoms with E-state index in [4.69, 9.17) is 17.3 Å². The molecule has 4 atom stereocenters. The number of fused-ring (bicyclic) bond motifs is 2. The van der Waals surface area contributed by atoms with E-state index < -0.39 is 17.7 Å². The van der Waals surface area contributed by atoms with Crippen LogP contribution in [0.25, 0.3) is 0 Å². The van der Waals surface area contributed by atoms with E-state index in [0.29, 0.717) is 6.61 Å². The molecule has 11 heavy (non-hydrogen) atoms. The number of halogens is 1. The lowest BCUT2D eigenvalue weighted by Gasteiger charge is -2.27. The normalized spacial score (nSPS) is 55.3. The molecule has 2 heterocycles. The van der Waals surface area contributed by atoms with Crippen LogP contribution >= 0.6 is 22.6 Å². The van der Waals surface area contributed by atoms with Crippen molar-refractivity contribution >= 4 is 30.4 Å². The largest absolute Gasteiger partial charge is 0.387 e. The van der Waals surface area contributed by atoms with Gasteiger partial charge in [0.25, 0.3) is 0 Å². The van der Waals surface area contributed by atoms with Crippen molar-refractivity contribution in [3.63, 3.8) is 0 Å². The molecule has 0 aliphatic carbocycles. The Morgan fingerprint density at radius 1 is 1.73 bits per heavy atom. The Balaban J connectivity index is 2.24. The molecule has 2 radical (unpaired) electrons. The molecule has 0 aromatic rings. The van der Waals surface area contributed by atoms with Crippen molar-refractivity contribution in [2.24, 2.45) is 0 Å². The van der Waals surface area contributed by atoms with Crippen LogP contribution in [0.1, 0.15) is 0 Å². The van der Waals surface area contributed by atoms with E-state index in [2.05, 4.69) is 22.6 Å². The highest BCUT2D eigenvalue weighted by atomic mass is 127. The van der Waals surface area contributed by atoms with Gasteiger partial charge in [-0.25, -0.2) is 0 Å². The molecule has 1 N–H and O–H groups in total. The molecule has 0 aromatic heterocycles. The van der Waals surface area contributed by atoms with Gasteiger partial charge in [0.05, 0.1) is 6.61 Å². The monoisotopic (exact) mass is 266 g/mol. The number of aliphatic hydroxyl groups is 1. The number of rotatable bonds is 1. The van der Waals surface area contributed by atoms with Crippen LogP contribution < -0.4 is 0 Å². The minimum atomic E-state index is -0.547. The smallest absolute Gasteiger partial charge is 0.128 e. The molecule has 3 nitrogen and oxygen atoms in total. The van der Waals surface area contributed by atoms with E-state index in [0.717, 1.165) is 4.43 Å². The number of hydrogen-bond acceptors (Lipinski definition) is 3. The highest BCUT2D eigenvalue weighted by molar-refractivity contribution is 14.1. The van der Waals surface area contributed by atoms with Crippen molar-refractivity contribution in [2.75, 3.05) is 11.0 Å². The van der Waals surface area contributed by atoms with E-state index in [1.807, 2.05) is 0 Å². The first kappa shape index (κ1) is 8.28. The molecule has 60 valence electrons. The maximum Gasteiger partial charge on any atom is 0.128 e. The Morgan fingerprint density at radius 2 is 2.45 bits per heavy atom. The van der Waals surface area contributed by atoms with Crippen molar-refractivity contribution in [1.29, 1.82) is 0 Å². The molecular formula is C6H8BIO3. The Morgan fingerprint density at radius 3 is 2.73 bits per heavy atom. The van der Waals surface area contributed by atoms with Crippen LogP contribution in [-0.4, -0.2) is 47.8 Å². The summed E-state index contributed by atoms with van der Waals surface area (Å²) < 4.78 is 11.4. The number of hydrogen-bond donors (Lipinski definition) is 1. The second-order valence-electron chi connectivity index (χ2n) is 3.00. The van der Waals surface area contributed by atoms with Crippen LogP contribution in [0, 0.1) is 0 Å². The van der Waals surface area contributed by atoms with Crippen LogP contribution in [0.5, 0.6) is 0 Å². The van der Waals surface area contributed by atoms with Crippen LogP contribution in [0.4, 0.5) is 0 Å². The summed E-state index contributed by atoms with van der Waals surface area (Å²) in [5.74, 6) is 0. The van der Waals surface area contributed by atoms with Crippen molar-refractivity contribution in [1.82, 2.24) is 0 Å². The molecule has 0 aromatic carbocycles. The van der Waals surface area contributed by atoms with Gasteiger partial charge in [-0.3, -0.25) is 0 Å². The Hall–Kier alpha value is 0.675. The zero-order valence-electron chi connectivity index (χ0n) is 5.87. The highest BCUT2D eigenvalue weighted by Crippen LogP contribution is 2.39. The molecular weight excluding hydrogens is 258 g/mol. The fraction of sp³-hybridized carbons (Fsp3) is 1.00. The molecule has 2 fully saturated rings. The average Bonchev–Trinajstić information content (AvgIpc) is 2.42. The van der Waals surface area contributed by atoms with E-state index in [1.54, 1.807) is 0 Å². The standard InChI is InChI=1S/C6H8BIO3/c7-5-3-4(9)6(1-8,11-5)2-10-3/h3-5,9H,1-2H2/t3?,4?,5-,6+/m1/s1. The third kappa shape index (κ3) is 0.977. The zero-order valence-corrected chi connectivity index (χ0v) is 8.02. The quantitative estimate of drug-likeness (QED) is 0.393. The maximum absolute atomic E-state index is 9.61. The van der Waals surface area contributed by atoms with E-state index in [9.17, 15) is 5.11 Å². The van der Waals surface area contributed by atoms with E-state index in [-0.39, 0.29) is 6.10 Å². The molecule has 2 rings (SSSR count). The van der Waals surface area contributed by atoms with E-state index >= 15 is 0 Å². The van der Waals surface area contributed by atoms with Gasteiger partial charge in [-0.2, -0.15) is 0 Å². The zero-order chi connectivity index (χ0) is 8.06. The van der Waals surface area contributed by atoms with Gasteiger partial charge in [-0.15, -0.1) is 0 Å². The van der Waals surface area contributed by atoms with Gasteiger partial charge in [0.15, 0.2) is 0 Å². The lowest BCUT2D eigenvalue weighted by molar-refractivity contribution is -0.103. The first-order chi connectivity index (χ1) is 5.19. The minimum absolute atomic E-state index is 0.315. The number of aliphatic hydroxyl groups excluding tert-OH is 1. The molecule has 2 bridgehead atoms. The fourth-order valence-electron chi connectivity index (χ4n) is 1.58. The fourth-order valence-corrected chi connectivity index (χ4v) is 2.43. The first-order valence-electron chi connectivity index (χ1n) is 3.49. The van der Waals surface area contributed by atoms with Crippen molar-refractivity contribution < 1.29 is 14.6 Å². The second kappa shape index (κ2) is 2.58. The van der Waals surface area contributed by atoms with Gasteiger partial charge in [0, 0.05) is 10.4 Å². The van der Waals surface area contributed by atoms with Gasteiger partial charge < -0.3 is 14.6 Å². The minimum Gasteiger partial charge on any atom is -0.387 e. The third-order valence-corrected chi connectivity index (χ3v) is 3.58. The predicted molar refractivity (Wildman–Crippen MR) is 48.0 cm³/mol. The molecule has 5 heteroatoms. The van der Waals surface area contributed by atoms with Crippen LogP contribution in [-0.2, 0) is 9.47 Å². The third-order valence-electron chi connectivity index (χ3n) is 2.29. The van der Waals surface area contributed by atoms with Crippen molar-refractivity contribution in [3.05, 3.63) is 0 Å². The van der Waals surface area contributed by atoms with Crippen LogP contribution in [0.2, 0.25) is 0 Å². The summed E-state index contributed by atoms with van der Waals surface area (Å²) in [4.78, 5) is 0. The lowest BCUT2D eigenvalue weighted by atomic mass is 9.92. The first-order valence-corrected chi connectivity index (χ1v) is 5.01. The Bertz CT molecular complexity index is 179. The maximum atomic E-state index is 9.61. The molecule has 2 saturated heterocycles. The van der Waals surface area contributed by atoms with Gasteiger partial charge in [0.1, 0.15) is 25.7 Å². The SMILES string of the molecule is [B][C@@H]1O[C@@]2(CI)COC1C2O. The number of alkyl halides is 1. The predicted octanol–water partition coefficient (Wildman–Crippen LogP) is -0.555. The van der Waals surface area contributed by atoms with Gasteiger partial charge >= 0.3 is 0 Å². The van der Waals surface area contributed by atoms with Crippen molar-refractivity contribution in [2.45, 2.75) is 23.8 Å². The summed E-state index contributed by atoms with van der Waals surface area (Å²) in [7, 11) is 5.56. The Kier molecular flexibility index (Phi) is 1.94. The van der Waals surface area contributed by atoms with Gasteiger partial charge in [-0.05, 0) is 0 Å². The summed E-state index contributed by atoms with van der Waals surface area (Å²) in [6.45, 7) is 0.468. The summed E-state index contributed by atoms with van der Waals surface area (Å²) in [5.41, 5.74) is -0.523. The molecule has 0 spiro atoms. The second-order valence-corrected chi connectivity index (χ2v) is 3.76. The highest BCUT2D eigenvalue weighted by Gasteiger charge is 2.58. The molecule has 2 aliphatic heterocycles. The molecule has 0 saturated carbocycles. The number of ether oxygens (including phenoxy) is 2. The summed E-state index contributed by atoms with van der Waals surface area (Å²) in [6.07, 6.45) is -0.862. The molecule has 2 aliphatic rings. The molecule has 2 unspecified atom stereocenters. The van der Waals surface area contributed by atoms with Crippen molar-refractivity contribution in [3.8, 4) is 0 Å². The van der Waals surface area contributed by atoms with E-state index in [1.165, 1.54) is 0 Å². The van der Waals surface area contributed by atoms with Crippen LogP contribution in [0.15, 0.2) is 0 Å². The summed E-state index contributed by atoms with van der Waals surface area (Å²) >= 11 is 2.17. The summed E-state index contributed by atoms with van der Waals surface area (Å²) in [5, 5.41) is 9.61. The average molecular weight is 266 g/mol. The lowest BCUT2D eigenvalue weighted by Crippen LogP contribution is -2.42.